The summed E-state index contributed by atoms with van der Waals surface area (Å²) in [6.07, 6.45) is 2.55. The number of anilines is 1. The molecule has 0 aromatic carbocycles. The lowest BCUT2D eigenvalue weighted by Gasteiger charge is -2.24. The lowest BCUT2D eigenvalue weighted by molar-refractivity contribution is 0.340. The van der Waals surface area contributed by atoms with E-state index >= 15 is 0 Å². The van der Waals surface area contributed by atoms with Crippen molar-refractivity contribution in [1.29, 1.82) is 5.26 Å². The largest absolute Gasteiger partial charge is 0.346 e. The van der Waals surface area contributed by atoms with Crippen molar-refractivity contribution >= 4 is 28.1 Å². The van der Waals surface area contributed by atoms with E-state index in [4.69, 9.17) is 16.9 Å². The molecule has 0 aliphatic carbocycles. The number of thiazole rings is 1. The monoisotopic (exact) mass is 268 g/mol. The first kappa shape index (κ1) is 11.3. The summed E-state index contributed by atoms with van der Waals surface area (Å²) in [5.41, 5.74) is 0. The number of halogens is 1. The number of nitrogens with zero attached hydrogens (tertiary/aromatic N) is 3. The first-order valence-corrected chi connectivity index (χ1v) is 7.02. The zero-order valence-corrected chi connectivity index (χ0v) is 10.9. The summed E-state index contributed by atoms with van der Waals surface area (Å²) >= 11 is 7.31. The van der Waals surface area contributed by atoms with Gasteiger partial charge in [-0.1, -0.05) is 22.9 Å². The Morgan fingerprint density at radius 2 is 2.41 bits per heavy atom. The van der Waals surface area contributed by atoms with Crippen molar-refractivity contribution in [3.63, 3.8) is 0 Å². The van der Waals surface area contributed by atoms with Crippen molar-refractivity contribution in [2.75, 3.05) is 24.5 Å². The maximum Gasteiger partial charge on any atom is 0.188 e. The molecule has 2 unspecified atom stereocenters. The van der Waals surface area contributed by atoms with E-state index in [1.807, 2.05) is 0 Å². The minimum Gasteiger partial charge on any atom is -0.346 e. The molecule has 2 aliphatic heterocycles. The second-order valence-electron chi connectivity index (χ2n) is 4.60. The summed E-state index contributed by atoms with van der Waals surface area (Å²) in [7, 11) is 0. The highest BCUT2D eigenvalue weighted by atomic mass is 35.5. The number of hydrogen-bond donors (Lipinski definition) is 1. The molecule has 4 nitrogen and oxygen atoms in total. The Hall–Kier alpha value is -0.830. The number of fused-ring (bicyclic) bond motifs is 1. The highest BCUT2D eigenvalue weighted by Crippen LogP contribution is 2.34. The summed E-state index contributed by atoms with van der Waals surface area (Å²) < 4.78 is 0. The predicted molar refractivity (Wildman–Crippen MR) is 68.6 cm³/mol. The van der Waals surface area contributed by atoms with Crippen LogP contribution in [0.3, 0.4) is 0 Å². The number of aromatic nitrogens is 1. The van der Waals surface area contributed by atoms with Crippen LogP contribution in [0, 0.1) is 17.2 Å². The van der Waals surface area contributed by atoms with Gasteiger partial charge in [0.2, 0.25) is 0 Å². The third kappa shape index (κ3) is 2.01. The van der Waals surface area contributed by atoms with E-state index in [9.17, 15) is 0 Å². The molecular weight excluding hydrogens is 256 g/mol. The van der Waals surface area contributed by atoms with Gasteiger partial charge in [-0.15, -0.1) is 0 Å². The lowest BCUT2D eigenvalue weighted by atomic mass is 9.94. The van der Waals surface area contributed by atoms with Crippen LogP contribution in [0.5, 0.6) is 0 Å². The zero-order valence-electron chi connectivity index (χ0n) is 9.32. The molecule has 17 heavy (non-hydrogen) atoms. The molecule has 2 aliphatic rings. The molecule has 1 aromatic heterocycles. The molecule has 6 heteroatoms. The second kappa shape index (κ2) is 4.45. The molecule has 3 heterocycles. The second-order valence-corrected chi connectivity index (χ2v) is 5.93. The fourth-order valence-electron chi connectivity index (χ4n) is 2.70. The fourth-order valence-corrected chi connectivity index (χ4v) is 3.76. The predicted octanol–water partition coefficient (Wildman–Crippen LogP) is 1.86. The Balaban J connectivity index is 1.79. The quantitative estimate of drug-likeness (QED) is 0.845. The fraction of sp³-hybridized carbons (Fsp3) is 0.636. The minimum atomic E-state index is 0.343. The normalized spacial score (nSPS) is 27.9. The molecule has 1 aromatic rings. The van der Waals surface area contributed by atoms with Gasteiger partial charge in [0.25, 0.3) is 0 Å². The topological polar surface area (TPSA) is 52.0 Å². The van der Waals surface area contributed by atoms with E-state index in [1.165, 1.54) is 24.2 Å². The summed E-state index contributed by atoms with van der Waals surface area (Å²) in [5.74, 6) is 0.719. The molecule has 3 rings (SSSR count). The van der Waals surface area contributed by atoms with Gasteiger partial charge < -0.3 is 10.2 Å². The van der Waals surface area contributed by atoms with Gasteiger partial charge in [-0.25, -0.2) is 4.98 Å². The smallest absolute Gasteiger partial charge is 0.188 e. The van der Waals surface area contributed by atoms with Crippen molar-refractivity contribution in [3.8, 4) is 6.07 Å². The van der Waals surface area contributed by atoms with Gasteiger partial charge in [0, 0.05) is 19.1 Å². The average Bonchev–Trinajstić information content (AvgIpc) is 2.91. The van der Waals surface area contributed by atoms with Gasteiger partial charge in [-0.3, -0.25) is 0 Å². The average molecular weight is 269 g/mol. The van der Waals surface area contributed by atoms with Crippen LogP contribution in [0.25, 0.3) is 0 Å². The van der Waals surface area contributed by atoms with Gasteiger partial charge in [-0.2, -0.15) is 5.26 Å². The Kier molecular flexibility index (Phi) is 2.95. The van der Waals surface area contributed by atoms with Crippen LogP contribution in [0.15, 0.2) is 0 Å². The van der Waals surface area contributed by atoms with Gasteiger partial charge in [-0.05, 0) is 25.3 Å². The van der Waals surface area contributed by atoms with E-state index in [0.29, 0.717) is 16.1 Å². The van der Waals surface area contributed by atoms with Crippen molar-refractivity contribution in [2.24, 2.45) is 5.92 Å². The summed E-state index contributed by atoms with van der Waals surface area (Å²) in [6.45, 7) is 3.14. The number of piperidine rings is 1. The number of nitrogens with one attached hydrogen (secondary N) is 1. The molecule has 0 radical (unpaired) electrons. The van der Waals surface area contributed by atoms with Gasteiger partial charge >= 0.3 is 0 Å². The van der Waals surface area contributed by atoms with Crippen molar-refractivity contribution < 1.29 is 0 Å². The highest BCUT2D eigenvalue weighted by molar-refractivity contribution is 7.16. The molecule has 0 amide bonds. The molecule has 1 N–H and O–H groups in total. The first-order valence-electron chi connectivity index (χ1n) is 5.82. The minimum absolute atomic E-state index is 0.343. The van der Waals surface area contributed by atoms with Crippen molar-refractivity contribution in [2.45, 2.75) is 18.9 Å². The van der Waals surface area contributed by atoms with E-state index in [2.05, 4.69) is 21.3 Å². The molecule has 0 spiro atoms. The number of rotatable bonds is 1. The van der Waals surface area contributed by atoms with E-state index in [0.717, 1.165) is 30.7 Å². The Labute approximate surface area is 109 Å². The third-order valence-electron chi connectivity index (χ3n) is 3.55. The lowest BCUT2D eigenvalue weighted by Crippen LogP contribution is -2.40. The van der Waals surface area contributed by atoms with E-state index in [1.54, 1.807) is 0 Å². The molecule has 2 saturated heterocycles. The molecule has 90 valence electrons. The molecule has 2 atom stereocenters. The highest BCUT2D eigenvalue weighted by Gasteiger charge is 2.35. The van der Waals surface area contributed by atoms with Crippen LogP contribution < -0.4 is 10.2 Å². The summed E-state index contributed by atoms with van der Waals surface area (Å²) in [6, 6.07) is 2.66. The Morgan fingerprint density at radius 3 is 3.12 bits per heavy atom. The summed E-state index contributed by atoms with van der Waals surface area (Å²) in [4.78, 5) is 7.05. The van der Waals surface area contributed by atoms with Crippen LogP contribution in [0.4, 0.5) is 5.13 Å². The maximum absolute atomic E-state index is 8.89. The van der Waals surface area contributed by atoms with Gasteiger partial charge in [0.15, 0.2) is 10.3 Å². The number of hydrogen-bond acceptors (Lipinski definition) is 5. The third-order valence-corrected chi connectivity index (χ3v) is 4.95. The van der Waals surface area contributed by atoms with Gasteiger partial charge in [0.1, 0.15) is 10.9 Å². The van der Waals surface area contributed by atoms with E-state index < -0.39 is 0 Å². The Morgan fingerprint density at radius 1 is 1.53 bits per heavy atom. The standard InChI is InChI=1S/C11H13ClN4S/c12-10-9(4-13)17-11(15-10)16-5-7-2-1-3-14-8(7)6-16/h7-8,14H,1-3,5-6H2. The van der Waals surface area contributed by atoms with Gasteiger partial charge in [0.05, 0.1) is 0 Å². The zero-order chi connectivity index (χ0) is 11.8. The molecule has 0 bridgehead atoms. The van der Waals surface area contributed by atoms with E-state index in [-0.39, 0.29) is 0 Å². The molecular formula is C11H13ClN4S. The van der Waals surface area contributed by atoms with Crippen molar-refractivity contribution in [1.82, 2.24) is 10.3 Å². The SMILES string of the molecule is N#Cc1sc(N2CC3CCCNC3C2)nc1Cl. The van der Waals surface area contributed by atoms with Crippen LogP contribution in [-0.4, -0.2) is 30.7 Å². The van der Waals surface area contributed by atoms with Crippen LogP contribution in [0.2, 0.25) is 5.15 Å². The summed E-state index contributed by atoms with van der Waals surface area (Å²) in [5, 5.41) is 13.7. The van der Waals surface area contributed by atoms with Crippen molar-refractivity contribution in [3.05, 3.63) is 10.0 Å². The Bertz CT molecular complexity index is 453. The maximum atomic E-state index is 8.89. The first-order chi connectivity index (χ1) is 8.28. The van der Waals surface area contributed by atoms with Crippen LogP contribution in [0.1, 0.15) is 17.7 Å². The molecule has 2 fully saturated rings. The number of nitriles is 1. The van der Waals surface area contributed by atoms with Crippen LogP contribution >= 0.6 is 22.9 Å². The van der Waals surface area contributed by atoms with Crippen LogP contribution in [-0.2, 0) is 0 Å². The molecule has 0 saturated carbocycles.